The minimum Gasteiger partial charge on any atom is -0.468 e. The molecule has 2 fully saturated rings. The van der Waals surface area contributed by atoms with Crippen molar-refractivity contribution >= 4 is 16.1 Å². The zero-order chi connectivity index (χ0) is 16.4. The number of nitrogens with one attached hydrogen (secondary N) is 1. The second-order valence-electron chi connectivity index (χ2n) is 6.20. The fourth-order valence-electron chi connectivity index (χ4n) is 3.27. The van der Waals surface area contributed by atoms with E-state index >= 15 is 0 Å². The molecule has 1 aromatic heterocycles. The Bertz CT molecular complexity index is 636. The van der Waals surface area contributed by atoms with Gasteiger partial charge in [0, 0.05) is 20.1 Å². The SMILES string of the molecule is CN1[C@@H](C(=O)N2CCCCCC2)C[C@@H](c2ccco2)NS1(=O)=O. The van der Waals surface area contributed by atoms with Gasteiger partial charge in [0.1, 0.15) is 11.8 Å². The molecule has 0 unspecified atom stereocenters. The standard InChI is InChI=1S/C15H23N3O4S/c1-17-13(15(19)18-8-4-2-3-5-9-18)11-12(16-23(17,20)21)14-7-6-10-22-14/h6-7,10,12-13,16H,2-5,8-9,11H2,1H3/t12-,13+/m0/s1. The van der Waals surface area contributed by atoms with E-state index < -0.39 is 22.3 Å². The molecule has 0 aromatic carbocycles. The number of carbonyl (C=O) groups excluding carboxylic acids is 1. The van der Waals surface area contributed by atoms with Gasteiger partial charge in [0.25, 0.3) is 10.2 Å². The summed E-state index contributed by atoms with van der Waals surface area (Å²) in [7, 11) is -2.24. The first-order valence-corrected chi connectivity index (χ1v) is 9.50. The Morgan fingerprint density at radius 2 is 1.96 bits per heavy atom. The first-order chi connectivity index (χ1) is 11.0. The van der Waals surface area contributed by atoms with Gasteiger partial charge in [-0.15, -0.1) is 0 Å². The van der Waals surface area contributed by atoms with E-state index in [4.69, 9.17) is 4.42 Å². The van der Waals surface area contributed by atoms with E-state index in [9.17, 15) is 13.2 Å². The Hall–Kier alpha value is -1.38. The van der Waals surface area contributed by atoms with Crippen molar-refractivity contribution in [2.24, 2.45) is 0 Å². The number of nitrogens with zero attached hydrogens (tertiary/aromatic N) is 2. The van der Waals surface area contributed by atoms with E-state index in [1.807, 2.05) is 4.90 Å². The molecule has 2 aliphatic rings. The molecule has 0 aliphatic carbocycles. The smallest absolute Gasteiger partial charge is 0.280 e. The van der Waals surface area contributed by atoms with E-state index in [0.717, 1.165) is 30.0 Å². The molecule has 0 bridgehead atoms. The molecule has 1 aromatic rings. The van der Waals surface area contributed by atoms with Gasteiger partial charge in [0.05, 0.1) is 12.3 Å². The third kappa shape index (κ3) is 3.44. The molecule has 8 heteroatoms. The van der Waals surface area contributed by atoms with Crippen molar-refractivity contribution in [3.63, 3.8) is 0 Å². The second-order valence-corrected chi connectivity index (χ2v) is 7.96. The van der Waals surface area contributed by atoms with E-state index in [0.29, 0.717) is 25.3 Å². The normalized spacial score (nSPS) is 29.2. The Morgan fingerprint density at radius 1 is 1.26 bits per heavy atom. The lowest BCUT2D eigenvalue weighted by molar-refractivity contribution is -0.135. The molecule has 23 heavy (non-hydrogen) atoms. The summed E-state index contributed by atoms with van der Waals surface area (Å²) in [5, 5.41) is 0. The van der Waals surface area contributed by atoms with E-state index in [1.165, 1.54) is 13.3 Å². The fraction of sp³-hybridized carbons (Fsp3) is 0.667. The Labute approximate surface area is 136 Å². The molecule has 7 nitrogen and oxygen atoms in total. The quantitative estimate of drug-likeness (QED) is 0.878. The highest BCUT2D eigenvalue weighted by atomic mass is 32.2. The Kier molecular flexibility index (Phi) is 4.74. The van der Waals surface area contributed by atoms with Crippen LogP contribution in [0.2, 0.25) is 0 Å². The summed E-state index contributed by atoms with van der Waals surface area (Å²) in [6, 6.07) is 2.25. The first kappa shape index (κ1) is 16.5. The van der Waals surface area contributed by atoms with Crippen molar-refractivity contribution in [1.82, 2.24) is 13.9 Å². The summed E-state index contributed by atoms with van der Waals surface area (Å²) in [5.74, 6) is 0.436. The molecule has 2 aliphatic heterocycles. The largest absolute Gasteiger partial charge is 0.468 e. The van der Waals surface area contributed by atoms with Gasteiger partial charge in [-0.3, -0.25) is 4.79 Å². The van der Waals surface area contributed by atoms with Crippen LogP contribution in [0.5, 0.6) is 0 Å². The third-order valence-electron chi connectivity index (χ3n) is 4.66. The summed E-state index contributed by atoms with van der Waals surface area (Å²) in [4.78, 5) is 14.7. The average molecular weight is 341 g/mol. The van der Waals surface area contributed by atoms with Crippen LogP contribution in [0.25, 0.3) is 0 Å². The molecule has 3 rings (SSSR count). The predicted octanol–water partition coefficient (Wildman–Crippen LogP) is 1.26. The minimum atomic E-state index is -3.70. The van der Waals surface area contributed by atoms with Crippen molar-refractivity contribution in [3.8, 4) is 0 Å². The zero-order valence-corrected chi connectivity index (χ0v) is 14.1. The van der Waals surface area contributed by atoms with Crippen molar-refractivity contribution in [2.75, 3.05) is 20.1 Å². The van der Waals surface area contributed by atoms with Crippen molar-refractivity contribution < 1.29 is 17.6 Å². The Morgan fingerprint density at radius 3 is 2.57 bits per heavy atom. The number of carbonyl (C=O) groups is 1. The molecule has 128 valence electrons. The Balaban J connectivity index is 1.82. The fourth-order valence-corrected chi connectivity index (χ4v) is 4.52. The highest BCUT2D eigenvalue weighted by Gasteiger charge is 2.42. The van der Waals surface area contributed by atoms with Crippen LogP contribution in [-0.4, -0.2) is 49.7 Å². The molecular formula is C15H23N3O4S. The number of likely N-dealkylation sites (tertiary alicyclic amines) is 1. The lowest BCUT2D eigenvalue weighted by Crippen LogP contribution is -2.57. The average Bonchev–Trinajstić information content (AvgIpc) is 2.92. The molecule has 0 spiro atoms. The lowest BCUT2D eigenvalue weighted by Gasteiger charge is -2.37. The van der Waals surface area contributed by atoms with Gasteiger partial charge in [-0.1, -0.05) is 12.8 Å². The number of hydrogen-bond acceptors (Lipinski definition) is 4. The van der Waals surface area contributed by atoms with Gasteiger partial charge < -0.3 is 9.32 Å². The summed E-state index contributed by atoms with van der Waals surface area (Å²) in [6.45, 7) is 1.42. The molecule has 2 atom stereocenters. The van der Waals surface area contributed by atoms with Crippen molar-refractivity contribution in [1.29, 1.82) is 0 Å². The predicted molar refractivity (Wildman–Crippen MR) is 84.7 cm³/mol. The molecular weight excluding hydrogens is 318 g/mol. The van der Waals surface area contributed by atoms with Crippen molar-refractivity contribution in [3.05, 3.63) is 24.2 Å². The monoisotopic (exact) mass is 341 g/mol. The third-order valence-corrected chi connectivity index (χ3v) is 6.25. The van der Waals surface area contributed by atoms with Crippen LogP contribution in [0.3, 0.4) is 0 Å². The van der Waals surface area contributed by atoms with Crippen LogP contribution in [0, 0.1) is 0 Å². The first-order valence-electron chi connectivity index (χ1n) is 8.06. The van der Waals surface area contributed by atoms with Crippen molar-refractivity contribution in [2.45, 2.75) is 44.2 Å². The maximum Gasteiger partial charge on any atom is 0.280 e. The summed E-state index contributed by atoms with van der Waals surface area (Å²) < 4.78 is 33.8. The van der Waals surface area contributed by atoms with Crippen LogP contribution < -0.4 is 4.72 Å². The number of hydrogen-bond donors (Lipinski definition) is 1. The second kappa shape index (κ2) is 6.62. The van der Waals surface area contributed by atoms with Gasteiger partial charge in [-0.25, -0.2) is 0 Å². The number of likely N-dealkylation sites (N-methyl/N-ethyl adjacent to an activating group) is 1. The summed E-state index contributed by atoms with van der Waals surface area (Å²) >= 11 is 0. The van der Waals surface area contributed by atoms with Gasteiger partial charge in [-0.05, 0) is 31.4 Å². The number of furan rings is 1. The maximum absolute atomic E-state index is 12.9. The summed E-state index contributed by atoms with van der Waals surface area (Å²) in [5.41, 5.74) is 0. The van der Waals surface area contributed by atoms with Crippen LogP contribution in [0.15, 0.2) is 22.8 Å². The minimum absolute atomic E-state index is 0.101. The van der Waals surface area contributed by atoms with Crippen LogP contribution >= 0.6 is 0 Å². The molecule has 3 heterocycles. The van der Waals surface area contributed by atoms with Gasteiger partial charge in [0.15, 0.2) is 0 Å². The molecule has 1 N–H and O–H groups in total. The van der Waals surface area contributed by atoms with E-state index in [-0.39, 0.29) is 5.91 Å². The summed E-state index contributed by atoms with van der Waals surface area (Å²) in [6.07, 6.45) is 6.09. The molecule has 2 saturated heterocycles. The van der Waals surface area contributed by atoms with Gasteiger partial charge >= 0.3 is 0 Å². The van der Waals surface area contributed by atoms with Crippen LogP contribution in [-0.2, 0) is 15.0 Å². The maximum atomic E-state index is 12.9. The lowest BCUT2D eigenvalue weighted by atomic mass is 10.0. The van der Waals surface area contributed by atoms with Crippen LogP contribution in [0.4, 0.5) is 0 Å². The topological polar surface area (TPSA) is 82.9 Å². The van der Waals surface area contributed by atoms with Gasteiger partial charge in [0.2, 0.25) is 5.91 Å². The highest BCUT2D eigenvalue weighted by molar-refractivity contribution is 7.87. The number of rotatable bonds is 2. The molecule has 0 radical (unpaired) electrons. The highest BCUT2D eigenvalue weighted by Crippen LogP contribution is 2.29. The molecule has 1 amide bonds. The van der Waals surface area contributed by atoms with E-state index in [2.05, 4.69) is 4.72 Å². The van der Waals surface area contributed by atoms with Gasteiger partial charge in [-0.2, -0.15) is 17.4 Å². The molecule has 0 saturated carbocycles. The van der Waals surface area contributed by atoms with Crippen LogP contribution in [0.1, 0.15) is 43.9 Å². The zero-order valence-electron chi connectivity index (χ0n) is 13.3. The number of amides is 1. The van der Waals surface area contributed by atoms with E-state index in [1.54, 1.807) is 12.1 Å².